The molecular formula is C36H38N2O6. The summed E-state index contributed by atoms with van der Waals surface area (Å²) in [5.41, 5.74) is 2.87. The molecule has 0 saturated heterocycles. The topological polar surface area (TPSA) is 105 Å². The van der Waals surface area contributed by atoms with Crippen LogP contribution in [0.2, 0.25) is 0 Å². The van der Waals surface area contributed by atoms with Gasteiger partial charge in [0.05, 0.1) is 19.3 Å². The van der Waals surface area contributed by atoms with Gasteiger partial charge in [0.2, 0.25) is 5.91 Å². The maximum atomic E-state index is 13.1. The van der Waals surface area contributed by atoms with Crippen molar-refractivity contribution in [2.45, 2.75) is 32.7 Å². The van der Waals surface area contributed by atoms with Crippen LogP contribution in [0.3, 0.4) is 0 Å². The molecule has 0 fully saturated rings. The number of ketones is 1. The summed E-state index contributed by atoms with van der Waals surface area (Å²) in [6, 6.07) is 29.4. The normalized spacial score (nSPS) is 11.5. The molecule has 2 N–H and O–H groups in total. The number of carbonyl (C=O) groups excluding carboxylic acids is 2. The zero-order valence-electron chi connectivity index (χ0n) is 25.2. The lowest BCUT2D eigenvalue weighted by molar-refractivity contribution is -0.137. The number of anilines is 2. The van der Waals surface area contributed by atoms with Crippen molar-refractivity contribution in [3.8, 4) is 11.5 Å². The SMILES string of the molecule is COc1ccccc1N(CCOc1ccc(C[C@H](Nc2ccccc2C(=O)c2ccccc2)C(=O)O)cc1)C(=O)CC(C)C. The van der Waals surface area contributed by atoms with Gasteiger partial charge in [-0.05, 0) is 47.9 Å². The molecule has 0 aliphatic rings. The molecule has 0 saturated carbocycles. The van der Waals surface area contributed by atoms with E-state index in [1.54, 1.807) is 72.7 Å². The van der Waals surface area contributed by atoms with Crippen molar-refractivity contribution in [1.29, 1.82) is 0 Å². The van der Waals surface area contributed by atoms with Crippen LogP contribution in [0.5, 0.6) is 11.5 Å². The highest BCUT2D eigenvalue weighted by Gasteiger charge is 2.22. The molecule has 8 heteroatoms. The van der Waals surface area contributed by atoms with Gasteiger partial charge in [0.25, 0.3) is 0 Å². The van der Waals surface area contributed by atoms with E-state index in [0.29, 0.717) is 47.0 Å². The molecule has 0 aliphatic carbocycles. The summed E-state index contributed by atoms with van der Waals surface area (Å²) < 4.78 is 11.5. The first-order valence-corrected chi connectivity index (χ1v) is 14.6. The van der Waals surface area contributed by atoms with Crippen LogP contribution in [0.1, 0.15) is 41.8 Å². The van der Waals surface area contributed by atoms with Gasteiger partial charge in [0.1, 0.15) is 24.1 Å². The highest BCUT2D eigenvalue weighted by atomic mass is 16.5. The molecule has 0 spiro atoms. The Morgan fingerprint density at radius 1 is 0.841 bits per heavy atom. The molecule has 4 rings (SSSR count). The molecule has 0 unspecified atom stereocenters. The number of hydrogen-bond donors (Lipinski definition) is 2. The number of rotatable bonds is 15. The molecule has 4 aromatic carbocycles. The number of carboxylic acid groups (broad SMARTS) is 1. The van der Waals surface area contributed by atoms with Gasteiger partial charge in [0, 0.05) is 29.7 Å². The summed E-state index contributed by atoms with van der Waals surface area (Å²) in [6.45, 7) is 4.60. The summed E-state index contributed by atoms with van der Waals surface area (Å²) in [6.07, 6.45) is 0.588. The average Bonchev–Trinajstić information content (AvgIpc) is 3.03. The second kappa shape index (κ2) is 15.4. The Labute approximate surface area is 258 Å². The fourth-order valence-corrected chi connectivity index (χ4v) is 4.84. The molecule has 228 valence electrons. The van der Waals surface area contributed by atoms with E-state index in [0.717, 1.165) is 5.56 Å². The Morgan fingerprint density at radius 2 is 1.50 bits per heavy atom. The first-order chi connectivity index (χ1) is 21.3. The maximum Gasteiger partial charge on any atom is 0.326 e. The van der Waals surface area contributed by atoms with Crippen molar-refractivity contribution in [3.63, 3.8) is 0 Å². The van der Waals surface area contributed by atoms with Gasteiger partial charge in [0.15, 0.2) is 5.78 Å². The van der Waals surface area contributed by atoms with Crippen LogP contribution < -0.4 is 19.7 Å². The molecule has 44 heavy (non-hydrogen) atoms. The molecule has 0 heterocycles. The number of para-hydroxylation sites is 3. The van der Waals surface area contributed by atoms with Gasteiger partial charge in [-0.2, -0.15) is 0 Å². The Kier molecular flexibility index (Phi) is 11.1. The third-order valence-corrected chi connectivity index (χ3v) is 7.04. The fraction of sp³-hybridized carbons (Fsp3) is 0.250. The Morgan fingerprint density at radius 3 is 2.18 bits per heavy atom. The van der Waals surface area contributed by atoms with Crippen LogP contribution in [0.25, 0.3) is 0 Å². The first kappa shape index (κ1) is 31.8. The standard InChI is InChI=1S/C36H38N2O6/c1-25(2)23-34(39)38(32-15-9-10-16-33(32)43-3)21-22-44-28-19-17-26(18-20-28)24-31(36(41)42)37-30-14-8-7-13-29(30)35(40)27-11-5-4-6-12-27/h4-20,25,31,37H,21-24H2,1-3H3,(H,41,42)/t31-/m0/s1. The van der Waals surface area contributed by atoms with Gasteiger partial charge in [-0.15, -0.1) is 0 Å². The second-order valence-electron chi connectivity index (χ2n) is 10.8. The molecule has 0 aromatic heterocycles. The van der Waals surface area contributed by atoms with Crippen molar-refractivity contribution in [1.82, 2.24) is 0 Å². The van der Waals surface area contributed by atoms with E-state index in [9.17, 15) is 19.5 Å². The largest absolute Gasteiger partial charge is 0.495 e. The molecule has 4 aromatic rings. The van der Waals surface area contributed by atoms with Crippen molar-refractivity contribution >= 4 is 29.0 Å². The molecule has 0 radical (unpaired) electrons. The lowest BCUT2D eigenvalue weighted by Crippen LogP contribution is -2.35. The summed E-state index contributed by atoms with van der Waals surface area (Å²) >= 11 is 0. The van der Waals surface area contributed by atoms with Crippen LogP contribution in [-0.2, 0) is 16.0 Å². The van der Waals surface area contributed by atoms with Gasteiger partial charge < -0.3 is 24.8 Å². The van der Waals surface area contributed by atoms with Crippen LogP contribution in [0.4, 0.5) is 11.4 Å². The van der Waals surface area contributed by atoms with E-state index in [4.69, 9.17) is 9.47 Å². The highest BCUT2D eigenvalue weighted by Crippen LogP contribution is 2.29. The number of nitrogens with zero attached hydrogens (tertiary/aromatic N) is 1. The quantitative estimate of drug-likeness (QED) is 0.152. The summed E-state index contributed by atoms with van der Waals surface area (Å²) in [5, 5.41) is 13.0. The number of hydrogen-bond acceptors (Lipinski definition) is 6. The number of benzene rings is 4. The number of methoxy groups -OCH3 is 1. The van der Waals surface area contributed by atoms with E-state index >= 15 is 0 Å². The Bertz CT molecular complexity index is 1550. The molecule has 1 atom stereocenters. The number of carboxylic acids is 1. The van der Waals surface area contributed by atoms with Crippen LogP contribution in [0, 0.1) is 5.92 Å². The predicted molar refractivity (Wildman–Crippen MR) is 172 cm³/mol. The monoisotopic (exact) mass is 594 g/mol. The van der Waals surface area contributed by atoms with Crippen molar-refractivity contribution in [2.75, 3.05) is 30.5 Å². The number of ether oxygens (including phenoxy) is 2. The Balaban J connectivity index is 1.40. The van der Waals surface area contributed by atoms with Crippen molar-refractivity contribution in [3.05, 3.63) is 120 Å². The van der Waals surface area contributed by atoms with E-state index in [1.165, 1.54) is 0 Å². The van der Waals surface area contributed by atoms with Crippen molar-refractivity contribution < 1.29 is 29.0 Å². The van der Waals surface area contributed by atoms with E-state index in [1.807, 2.05) is 56.3 Å². The van der Waals surface area contributed by atoms with Crippen LogP contribution in [-0.4, -0.2) is 49.1 Å². The van der Waals surface area contributed by atoms with Crippen LogP contribution in [0.15, 0.2) is 103 Å². The Hall–Kier alpha value is -5.11. The summed E-state index contributed by atoms with van der Waals surface area (Å²) in [4.78, 5) is 40.1. The predicted octanol–water partition coefficient (Wildman–Crippen LogP) is 6.49. The molecular weight excluding hydrogens is 556 g/mol. The number of amides is 1. The lowest BCUT2D eigenvalue weighted by Gasteiger charge is -2.25. The van der Waals surface area contributed by atoms with Gasteiger partial charge in [-0.1, -0.05) is 80.6 Å². The zero-order chi connectivity index (χ0) is 31.5. The zero-order valence-corrected chi connectivity index (χ0v) is 25.2. The van der Waals surface area contributed by atoms with Crippen molar-refractivity contribution in [2.24, 2.45) is 5.92 Å². The van der Waals surface area contributed by atoms with Gasteiger partial charge >= 0.3 is 5.97 Å². The molecule has 8 nitrogen and oxygen atoms in total. The van der Waals surface area contributed by atoms with E-state index < -0.39 is 12.0 Å². The van der Waals surface area contributed by atoms with Gasteiger partial charge in [-0.25, -0.2) is 4.79 Å². The third-order valence-electron chi connectivity index (χ3n) is 7.04. The molecule has 0 aliphatic heterocycles. The smallest absolute Gasteiger partial charge is 0.326 e. The summed E-state index contributed by atoms with van der Waals surface area (Å²) in [5.74, 6) is 0.188. The van der Waals surface area contributed by atoms with Crippen LogP contribution >= 0.6 is 0 Å². The fourth-order valence-electron chi connectivity index (χ4n) is 4.84. The van der Waals surface area contributed by atoms with Gasteiger partial charge in [-0.3, -0.25) is 9.59 Å². The average molecular weight is 595 g/mol. The number of nitrogens with one attached hydrogen (secondary N) is 1. The lowest BCUT2D eigenvalue weighted by atomic mass is 10.00. The first-order valence-electron chi connectivity index (χ1n) is 14.6. The number of aliphatic carboxylic acids is 1. The maximum absolute atomic E-state index is 13.1. The highest BCUT2D eigenvalue weighted by molar-refractivity contribution is 6.12. The third kappa shape index (κ3) is 8.47. The minimum atomic E-state index is -1.03. The van der Waals surface area contributed by atoms with E-state index in [-0.39, 0.29) is 30.6 Å². The minimum Gasteiger partial charge on any atom is -0.495 e. The molecule has 1 amide bonds. The minimum absolute atomic E-state index is 0.0114. The number of carbonyl (C=O) groups is 3. The molecule has 0 bridgehead atoms. The second-order valence-corrected chi connectivity index (χ2v) is 10.8. The van der Waals surface area contributed by atoms with E-state index in [2.05, 4.69) is 5.32 Å². The summed E-state index contributed by atoms with van der Waals surface area (Å²) in [7, 11) is 1.58.